The predicted octanol–water partition coefficient (Wildman–Crippen LogP) is 2.84. The maximum atomic E-state index is 10.8. The normalized spacial score (nSPS) is 10.1. The van der Waals surface area contributed by atoms with Crippen LogP contribution in [0.2, 0.25) is 5.15 Å². The summed E-state index contributed by atoms with van der Waals surface area (Å²) in [7, 11) is 0. The van der Waals surface area contributed by atoms with Crippen LogP contribution < -0.4 is 5.32 Å². The Balaban J connectivity index is 2.40. The van der Waals surface area contributed by atoms with Crippen molar-refractivity contribution in [1.29, 1.82) is 0 Å². The number of aromatic nitrogens is 2. The van der Waals surface area contributed by atoms with Gasteiger partial charge < -0.3 is 5.32 Å². The number of hydrogen-bond donors (Lipinski definition) is 1. The molecule has 2 aromatic heterocycles. The van der Waals surface area contributed by atoms with Gasteiger partial charge in [0.1, 0.15) is 6.33 Å². The van der Waals surface area contributed by atoms with Crippen LogP contribution in [0, 0.1) is 10.1 Å². The quantitative estimate of drug-likeness (QED) is 0.519. The van der Waals surface area contributed by atoms with E-state index in [9.17, 15) is 10.1 Å². The van der Waals surface area contributed by atoms with Crippen LogP contribution in [0.1, 0.15) is 0 Å². The molecule has 6 nitrogen and oxygen atoms in total. The number of anilines is 2. The maximum Gasteiger partial charge on any atom is 0.348 e. The first-order chi connectivity index (χ1) is 7.68. The number of halogens is 1. The Labute approximate surface area is 99.1 Å². The van der Waals surface area contributed by atoms with Crippen LogP contribution in [-0.4, -0.2) is 14.9 Å². The minimum absolute atomic E-state index is 0.0865. The Hall–Kier alpha value is -1.73. The summed E-state index contributed by atoms with van der Waals surface area (Å²) in [6, 6.07) is 1.78. The Morgan fingerprint density at radius 1 is 1.50 bits per heavy atom. The molecule has 1 N–H and O–H groups in total. The lowest BCUT2D eigenvalue weighted by Crippen LogP contribution is -2.00. The van der Waals surface area contributed by atoms with Crippen LogP contribution in [0.3, 0.4) is 0 Å². The fourth-order valence-corrected chi connectivity index (χ4v) is 1.87. The van der Waals surface area contributed by atoms with E-state index in [1.165, 1.54) is 17.7 Å². The predicted molar refractivity (Wildman–Crippen MR) is 61.3 cm³/mol. The highest BCUT2D eigenvalue weighted by Gasteiger charge is 2.21. The minimum Gasteiger partial charge on any atom is -0.334 e. The maximum absolute atomic E-state index is 10.8. The molecule has 0 aliphatic rings. The molecule has 0 amide bonds. The molecule has 0 fully saturated rings. The lowest BCUT2D eigenvalue weighted by molar-refractivity contribution is -0.384. The van der Waals surface area contributed by atoms with Gasteiger partial charge in [-0.1, -0.05) is 11.6 Å². The minimum atomic E-state index is -0.614. The van der Waals surface area contributed by atoms with Crippen molar-refractivity contribution in [1.82, 2.24) is 9.97 Å². The Kier molecular flexibility index (Phi) is 2.97. The molecule has 82 valence electrons. The van der Waals surface area contributed by atoms with Crippen molar-refractivity contribution >= 4 is 40.1 Å². The van der Waals surface area contributed by atoms with Crippen LogP contribution in [0.15, 0.2) is 23.2 Å². The molecular formula is C8H5ClN4O2S. The van der Waals surface area contributed by atoms with Crippen molar-refractivity contribution in [2.75, 3.05) is 5.32 Å². The molecule has 0 aliphatic heterocycles. The van der Waals surface area contributed by atoms with Gasteiger partial charge in [-0.2, -0.15) is 11.3 Å². The summed E-state index contributed by atoms with van der Waals surface area (Å²) in [6.45, 7) is 0. The fourth-order valence-electron chi connectivity index (χ4n) is 1.08. The van der Waals surface area contributed by atoms with Crippen molar-refractivity contribution in [3.8, 4) is 0 Å². The number of nitro groups is 1. The van der Waals surface area contributed by atoms with Crippen molar-refractivity contribution in [2.24, 2.45) is 0 Å². The SMILES string of the molecule is O=[N+]([O-])c1c(Cl)ncnc1Nc1ccsc1. The summed E-state index contributed by atoms with van der Waals surface area (Å²) >= 11 is 7.10. The van der Waals surface area contributed by atoms with Crippen molar-refractivity contribution < 1.29 is 4.92 Å². The van der Waals surface area contributed by atoms with Crippen LogP contribution in [0.4, 0.5) is 17.2 Å². The average Bonchev–Trinajstić information content (AvgIpc) is 2.70. The molecule has 0 atom stereocenters. The van der Waals surface area contributed by atoms with Crippen LogP contribution in [0.25, 0.3) is 0 Å². The van der Waals surface area contributed by atoms with Gasteiger partial charge in [0.05, 0.1) is 10.6 Å². The van der Waals surface area contributed by atoms with Crippen molar-refractivity contribution in [3.63, 3.8) is 0 Å². The zero-order valence-corrected chi connectivity index (χ0v) is 9.33. The fraction of sp³-hybridized carbons (Fsp3) is 0. The first kappa shape index (κ1) is 10.8. The lowest BCUT2D eigenvalue weighted by Gasteiger charge is -2.03. The van der Waals surface area contributed by atoms with Gasteiger partial charge >= 0.3 is 5.69 Å². The molecule has 0 spiro atoms. The molecule has 0 aliphatic carbocycles. The molecule has 0 unspecified atom stereocenters. The molecule has 0 saturated carbocycles. The van der Waals surface area contributed by atoms with Crippen molar-refractivity contribution in [3.05, 3.63) is 38.4 Å². The third-order valence-electron chi connectivity index (χ3n) is 1.74. The number of nitrogens with one attached hydrogen (secondary N) is 1. The molecule has 2 rings (SSSR count). The van der Waals surface area contributed by atoms with Gasteiger partial charge in [-0.3, -0.25) is 10.1 Å². The number of hydrogen-bond acceptors (Lipinski definition) is 6. The summed E-state index contributed by atoms with van der Waals surface area (Å²) in [5.74, 6) is 0.0865. The largest absolute Gasteiger partial charge is 0.348 e. The summed E-state index contributed by atoms with van der Waals surface area (Å²) in [5.41, 5.74) is 0.401. The van der Waals surface area contributed by atoms with E-state index in [0.29, 0.717) is 0 Å². The van der Waals surface area contributed by atoms with Gasteiger partial charge in [0.15, 0.2) is 0 Å². The number of nitrogens with zero attached hydrogens (tertiary/aromatic N) is 3. The standard InChI is InChI=1S/C8H5ClN4O2S/c9-7-6(13(14)15)8(11-4-10-7)12-5-1-2-16-3-5/h1-4H,(H,10,11,12). The second-order valence-corrected chi connectivity index (χ2v) is 3.89. The number of thiophene rings is 1. The molecule has 2 heterocycles. The topological polar surface area (TPSA) is 81.0 Å². The highest BCUT2D eigenvalue weighted by Crippen LogP contribution is 2.30. The Morgan fingerprint density at radius 2 is 2.31 bits per heavy atom. The summed E-state index contributed by atoms with van der Waals surface area (Å²) in [6.07, 6.45) is 1.17. The molecule has 16 heavy (non-hydrogen) atoms. The second-order valence-electron chi connectivity index (χ2n) is 2.76. The van der Waals surface area contributed by atoms with Gasteiger partial charge in [0.2, 0.25) is 11.0 Å². The van der Waals surface area contributed by atoms with Gasteiger partial charge in [0.25, 0.3) is 0 Å². The monoisotopic (exact) mass is 256 g/mol. The highest BCUT2D eigenvalue weighted by molar-refractivity contribution is 7.08. The Morgan fingerprint density at radius 3 is 2.94 bits per heavy atom. The molecule has 0 bridgehead atoms. The molecule has 2 aromatic rings. The second kappa shape index (κ2) is 4.42. The van der Waals surface area contributed by atoms with Gasteiger partial charge in [-0.15, -0.1) is 0 Å². The van der Waals surface area contributed by atoms with Crippen LogP contribution in [0.5, 0.6) is 0 Å². The molecule has 0 saturated heterocycles. The summed E-state index contributed by atoms with van der Waals surface area (Å²) in [5, 5.41) is 17.0. The van der Waals surface area contributed by atoms with Crippen LogP contribution in [-0.2, 0) is 0 Å². The highest BCUT2D eigenvalue weighted by atomic mass is 35.5. The molecule has 0 aromatic carbocycles. The van der Waals surface area contributed by atoms with E-state index in [0.717, 1.165) is 5.69 Å². The van der Waals surface area contributed by atoms with E-state index in [-0.39, 0.29) is 16.7 Å². The zero-order chi connectivity index (χ0) is 11.5. The van der Waals surface area contributed by atoms with Gasteiger partial charge in [-0.05, 0) is 11.4 Å². The number of rotatable bonds is 3. The van der Waals surface area contributed by atoms with Crippen molar-refractivity contribution in [2.45, 2.75) is 0 Å². The van der Waals surface area contributed by atoms with E-state index in [1.54, 1.807) is 11.4 Å². The smallest absolute Gasteiger partial charge is 0.334 e. The third kappa shape index (κ3) is 2.10. The van der Waals surface area contributed by atoms with Crippen LogP contribution >= 0.6 is 22.9 Å². The summed E-state index contributed by atoms with van der Waals surface area (Å²) < 4.78 is 0. The van der Waals surface area contributed by atoms with E-state index in [2.05, 4.69) is 15.3 Å². The summed E-state index contributed by atoms with van der Waals surface area (Å²) in [4.78, 5) is 17.5. The van der Waals surface area contributed by atoms with Gasteiger partial charge in [-0.25, -0.2) is 9.97 Å². The molecule has 8 heteroatoms. The molecule has 0 radical (unpaired) electrons. The van der Waals surface area contributed by atoms with E-state index < -0.39 is 4.92 Å². The van der Waals surface area contributed by atoms with Gasteiger partial charge in [0, 0.05) is 5.38 Å². The Bertz CT molecular complexity index is 517. The third-order valence-corrected chi connectivity index (χ3v) is 2.70. The van der Waals surface area contributed by atoms with E-state index >= 15 is 0 Å². The lowest BCUT2D eigenvalue weighted by atomic mass is 10.4. The zero-order valence-electron chi connectivity index (χ0n) is 7.75. The first-order valence-corrected chi connectivity index (χ1v) is 5.44. The molecular weight excluding hydrogens is 252 g/mol. The van der Waals surface area contributed by atoms with E-state index in [1.807, 2.05) is 5.38 Å². The average molecular weight is 257 g/mol. The van der Waals surface area contributed by atoms with E-state index in [4.69, 9.17) is 11.6 Å². The first-order valence-electron chi connectivity index (χ1n) is 4.12.